The minimum atomic E-state index is -0.849. The average molecular weight is 293 g/mol. The highest BCUT2D eigenvalue weighted by Gasteiger charge is 2.11. The molecular formula is C16H23NO4. The van der Waals surface area contributed by atoms with Gasteiger partial charge in [-0.2, -0.15) is 0 Å². The molecule has 0 aliphatic rings. The highest BCUT2D eigenvalue weighted by atomic mass is 16.5. The lowest BCUT2D eigenvalue weighted by molar-refractivity contribution is -0.141. The van der Waals surface area contributed by atoms with Gasteiger partial charge in [0.15, 0.2) is 0 Å². The van der Waals surface area contributed by atoms with E-state index in [1.54, 1.807) is 31.2 Å². The Kier molecular flexibility index (Phi) is 7.29. The van der Waals surface area contributed by atoms with Crippen molar-refractivity contribution in [2.24, 2.45) is 5.92 Å². The summed E-state index contributed by atoms with van der Waals surface area (Å²) in [7, 11) is 0. The molecule has 5 heteroatoms. The lowest BCUT2D eigenvalue weighted by Gasteiger charge is -2.09. The summed E-state index contributed by atoms with van der Waals surface area (Å²) in [6.07, 6.45) is 2.50. The molecule has 1 unspecified atom stereocenters. The molecule has 0 bridgehead atoms. The van der Waals surface area contributed by atoms with Crippen molar-refractivity contribution in [3.8, 4) is 5.75 Å². The van der Waals surface area contributed by atoms with E-state index < -0.39 is 11.9 Å². The second-order valence-corrected chi connectivity index (χ2v) is 5.01. The number of carbonyl (C=O) groups is 2. The Labute approximate surface area is 125 Å². The Morgan fingerprint density at radius 2 is 1.95 bits per heavy atom. The van der Waals surface area contributed by atoms with E-state index in [0.29, 0.717) is 25.1 Å². The Balaban J connectivity index is 2.39. The van der Waals surface area contributed by atoms with Crippen LogP contribution in [0.15, 0.2) is 24.3 Å². The van der Waals surface area contributed by atoms with Crippen LogP contribution >= 0.6 is 0 Å². The molecule has 0 aliphatic heterocycles. The second kappa shape index (κ2) is 9.00. The zero-order chi connectivity index (χ0) is 15.7. The maximum Gasteiger partial charge on any atom is 0.306 e. The average Bonchev–Trinajstić information content (AvgIpc) is 2.47. The van der Waals surface area contributed by atoms with Crippen LogP contribution in [0.1, 0.15) is 43.5 Å². The summed E-state index contributed by atoms with van der Waals surface area (Å²) >= 11 is 0. The quantitative estimate of drug-likeness (QED) is 0.686. The fourth-order valence-corrected chi connectivity index (χ4v) is 1.66. The zero-order valence-electron chi connectivity index (χ0n) is 12.6. The van der Waals surface area contributed by atoms with Crippen LogP contribution in [0, 0.1) is 5.92 Å². The van der Waals surface area contributed by atoms with E-state index in [1.165, 1.54) is 0 Å². The first-order valence-electron chi connectivity index (χ1n) is 7.28. The molecule has 1 atom stereocenters. The summed E-state index contributed by atoms with van der Waals surface area (Å²) in [5.41, 5.74) is 0.542. The number of rotatable bonds is 9. The largest absolute Gasteiger partial charge is 0.494 e. The van der Waals surface area contributed by atoms with Crippen molar-refractivity contribution in [2.75, 3.05) is 13.2 Å². The maximum atomic E-state index is 11.9. The summed E-state index contributed by atoms with van der Waals surface area (Å²) in [6.45, 7) is 4.75. The van der Waals surface area contributed by atoms with Gasteiger partial charge in [-0.1, -0.05) is 20.3 Å². The number of carbonyl (C=O) groups excluding carboxylic acids is 1. The van der Waals surface area contributed by atoms with Crippen molar-refractivity contribution < 1.29 is 19.4 Å². The van der Waals surface area contributed by atoms with E-state index in [1.807, 2.05) is 0 Å². The SMILES string of the molecule is CCCCOc1ccc(C(=O)NCCC(C)C(=O)O)cc1. The van der Waals surface area contributed by atoms with E-state index in [0.717, 1.165) is 18.6 Å². The summed E-state index contributed by atoms with van der Waals surface area (Å²) in [5, 5.41) is 11.5. The number of aliphatic carboxylic acids is 1. The fourth-order valence-electron chi connectivity index (χ4n) is 1.66. The van der Waals surface area contributed by atoms with Crippen molar-refractivity contribution in [1.29, 1.82) is 0 Å². The summed E-state index contributed by atoms with van der Waals surface area (Å²) in [4.78, 5) is 22.5. The third-order valence-corrected chi connectivity index (χ3v) is 3.17. The molecule has 0 fully saturated rings. The summed E-state index contributed by atoms with van der Waals surface area (Å²) < 4.78 is 5.52. The minimum Gasteiger partial charge on any atom is -0.494 e. The topological polar surface area (TPSA) is 75.6 Å². The maximum absolute atomic E-state index is 11.9. The standard InChI is InChI=1S/C16H23NO4/c1-3-4-11-21-14-7-5-13(6-8-14)15(18)17-10-9-12(2)16(19)20/h5-8,12H,3-4,9-11H2,1-2H3,(H,17,18)(H,19,20). The van der Waals surface area contributed by atoms with Crippen molar-refractivity contribution >= 4 is 11.9 Å². The molecule has 1 amide bonds. The number of ether oxygens (including phenoxy) is 1. The first-order valence-corrected chi connectivity index (χ1v) is 7.28. The van der Waals surface area contributed by atoms with Crippen LogP contribution in [-0.4, -0.2) is 30.1 Å². The monoisotopic (exact) mass is 293 g/mol. The molecule has 0 aromatic heterocycles. The molecule has 0 spiro atoms. The van der Waals surface area contributed by atoms with Crippen LogP contribution < -0.4 is 10.1 Å². The summed E-state index contributed by atoms with van der Waals surface area (Å²) in [6, 6.07) is 6.95. The van der Waals surface area contributed by atoms with Gasteiger partial charge in [0.05, 0.1) is 12.5 Å². The molecule has 0 saturated carbocycles. The lowest BCUT2D eigenvalue weighted by atomic mass is 10.1. The van der Waals surface area contributed by atoms with Crippen molar-refractivity contribution in [1.82, 2.24) is 5.32 Å². The second-order valence-electron chi connectivity index (χ2n) is 5.01. The minimum absolute atomic E-state index is 0.201. The molecule has 21 heavy (non-hydrogen) atoms. The predicted molar refractivity (Wildman–Crippen MR) is 80.6 cm³/mol. The molecule has 5 nitrogen and oxygen atoms in total. The highest BCUT2D eigenvalue weighted by Crippen LogP contribution is 2.12. The van der Waals surface area contributed by atoms with Gasteiger partial charge < -0.3 is 15.2 Å². The zero-order valence-corrected chi connectivity index (χ0v) is 12.6. The first kappa shape index (κ1) is 17.0. The van der Waals surface area contributed by atoms with E-state index in [9.17, 15) is 9.59 Å². The number of carboxylic acids is 1. The van der Waals surface area contributed by atoms with Gasteiger partial charge in [-0.3, -0.25) is 9.59 Å². The molecule has 1 rings (SSSR count). The summed E-state index contributed by atoms with van der Waals surface area (Å²) in [5.74, 6) is -0.760. The molecule has 2 N–H and O–H groups in total. The molecule has 0 saturated heterocycles. The van der Waals surface area contributed by atoms with Gasteiger partial charge in [0.2, 0.25) is 0 Å². The Hall–Kier alpha value is -2.04. The van der Waals surface area contributed by atoms with Crippen LogP contribution in [0.4, 0.5) is 0 Å². The van der Waals surface area contributed by atoms with E-state index in [2.05, 4.69) is 12.2 Å². The van der Waals surface area contributed by atoms with Gasteiger partial charge in [-0.05, 0) is 37.1 Å². The van der Waals surface area contributed by atoms with Gasteiger partial charge >= 0.3 is 5.97 Å². The first-order chi connectivity index (χ1) is 10.0. The number of carboxylic acid groups (broad SMARTS) is 1. The fraction of sp³-hybridized carbons (Fsp3) is 0.500. The molecule has 0 heterocycles. The van der Waals surface area contributed by atoms with E-state index >= 15 is 0 Å². The number of unbranched alkanes of at least 4 members (excludes halogenated alkanes) is 1. The van der Waals surface area contributed by atoms with E-state index in [4.69, 9.17) is 9.84 Å². The Bertz CT molecular complexity index is 456. The predicted octanol–water partition coefficient (Wildman–Crippen LogP) is 2.71. The van der Waals surface area contributed by atoms with Crippen LogP contribution in [0.25, 0.3) is 0 Å². The molecule has 1 aromatic rings. The van der Waals surface area contributed by atoms with Crippen molar-refractivity contribution in [2.45, 2.75) is 33.1 Å². The van der Waals surface area contributed by atoms with Gasteiger partial charge in [-0.25, -0.2) is 0 Å². The van der Waals surface area contributed by atoms with Crippen LogP contribution in [0.3, 0.4) is 0 Å². The van der Waals surface area contributed by atoms with Gasteiger partial charge in [0.25, 0.3) is 5.91 Å². The van der Waals surface area contributed by atoms with Gasteiger partial charge in [0.1, 0.15) is 5.75 Å². The third-order valence-electron chi connectivity index (χ3n) is 3.17. The highest BCUT2D eigenvalue weighted by molar-refractivity contribution is 5.94. The number of benzene rings is 1. The van der Waals surface area contributed by atoms with Crippen LogP contribution in [0.5, 0.6) is 5.75 Å². The van der Waals surface area contributed by atoms with Gasteiger partial charge in [-0.15, -0.1) is 0 Å². The van der Waals surface area contributed by atoms with Crippen LogP contribution in [-0.2, 0) is 4.79 Å². The normalized spacial score (nSPS) is 11.7. The van der Waals surface area contributed by atoms with E-state index in [-0.39, 0.29) is 5.91 Å². The Morgan fingerprint density at radius 1 is 1.29 bits per heavy atom. The molecule has 0 aliphatic carbocycles. The van der Waals surface area contributed by atoms with Crippen molar-refractivity contribution in [3.63, 3.8) is 0 Å². The third kappa shape index (κ3) is 6.29. The Morgan fingerprint density at radius 3 is 2.52 bits per heavy atom. The molecular weight excluding hydrogens is 270 g/mol. The number of hydrogen-bond acceptors (Lipinski definition) is 3. The molecule has 1 aromatic carbocycles. The number of amides is 1. The van der Waals surface area contributed by atoms with Crippen molar-refractivity contribution in [3.05, 3.63) is 29.8 Å². The number of nitrogens with one attached hydrogen (secondary N) is 1. The lowest BCUT2D eigenvalue weighted by Crippen LogP contribution is -2.26. The smallest absolute Gasteiger partial charge is 0.306 e. The van der Waals surface area contributed by atoms with Gasteiger partial charge in [0, 0.05) is 12.1 Å². The number of hydrogen-bond donors (Lipinski definition) is 2. The molecule has 0 radical (unpaired) electrons. The van der Waals surface area contributed by atoms with Crippen LogP contribution in [0.2, 0.25) is 0 Å². The molecule has 116 valence electrons.